The quantitative estimate of drug-likeness (QED) is 0.163. The second kappa shape index (κ2) is 12.7. The molecule has 4 nitrogen and oxygen atoms in total. The van der Waals surface area contributed by atoms with Gasteiger partial charge in [0.25, 0.3) is 5.56 Å². The van der Waals surface area contributed by atoms with Crippen LogP contribution in [0.2, 0.25) is 0 Å². The molecule has 0 spiro atoms. The molecule has 0 fully saturated rings. The molecular formula is C61H35N3O. The molecule has 65 heavy (non-hydrogen) atoms. The summed E-state index contributed by atoms with van der Waals surface area (Å²) in [5, 5.41) is 17.1. The summed E-state index contributed by atoms with van der Waals surface area (Å²) in [7, 11) is 0. The van der Waals surface area contributed by atoms with Crippen LogP contribution in [0.4, 0.5) is 0 Å². The molecule has 0 bridgehead atoms. The minimum atomic E-state index is 0.00969. The third-order valence-corrected chi connectivity index (χ3v) is 14.3. The molecule has 4 heterocycles. The molecule has 0 N–H and O–H groups in total. The van der Waals surface area contributed by atoms with E-state index in [4.69, 9.17) is 0 Å². The van der Waals surface area contributed by atoms with Gasteiger partial charge in [0.15, 0.2) is 0 Å². The number of rotatable bonds is 3. The first-order valence-corrected chi connectivity index (χ1v) is 22.3. The van der Waals surface area contributed by atoms with Gasteiger partial charge in [-0.25, -0.2) is 0 Å². The Morgan fingerprint density at radius 1 is 0.277 bits per heavy atom. The van der Waals surface area contributed by atoms with Crippen LogP contribution in [-0.4, -0.2) is 13.5 Å². The molecule has 0 saturated heterocycles. The fraction of sp³-hybridized carbons (Fsp3) is 0. The van der Waals surface area contributed by atoms with Gasteiger partial charge in [0, 0.05) is 54.5 Å². The van der Waals surface area contributed by atoms with E-state index in [0.717, 1.165) is 71.5 Å². The molecule has 15 rings (SSSR count). The Kier molecular flexibility index (Phi) is 6.79. The van der Waals surface area contributed by atoms with Crippen LogP contribution in [0.3, 0.4) is 0 Å². The fourth-order valence-electron chi connectivity index (χ4n) is 11.7. The van der Waals surface area contributed by atoms with Crippen molar-refractivity contribution in [3.63, 3.8) is 0 Å². The van der Waals surface area contributed by atoms with E-state index in [1.165, 1.54) is 64.9 Å². The molecule has 11 aromatic carbocycles. The number of pyridine rings is 1. The average Bonchev–Trinajstić information content (AvgIpc) is 4.02. The Morgan fingerprint density at radius 2 is 0.800 bits per heavy atom. The SMILES string of the molecule is O=c1c2ccccc2c2cccc3c4ccc(-c5cc(-n6c7ccccc7c7ccc8c(c9ccccc9n8-c8ccccc8)c76)cc6c7ccccc7c7ccccc7c56)cc4n1c23. The molecule has 0 aliphatic heterocycles. The van der Waals surface area contributed by atoms with Crippen LogP contribution < -0.4 is 5.56 Å². The van der Waals surface area contributed by atoms with Crippen molar-refractivity contribution in [3.8, 4) is 22.5 Å². The maximum absolute atomic E-state index is 14.7. The molecule has 0 aliphatic rings. The van der Waals surface area contributed by atoms with Crippen LogP contribution in [0.5, 0.6) is 0 Å². The summed E-state index contributed by atoms with van der Waals surface area (Å²) < 4.78 is 6.89. The van der Waals surface area contributed by atoms with Crippen LogP contribution in [0.25, 0.3) is 136 Å². The summed E-state index contributed by atoms with van der Waals surface area (Å²) >= 11 is 0. The molecular weight excluding hydrogens is 791 g/mol. The zero-order valence-electron chi connectivity index (χ0n) is 35.0. The van der Waals surface area contributed by atoms with E-state index < -0.39 is 0 Å². The van der Waals surface area contributed by atoms with Crippen molar-refractivity contribution in [1.29, 1.82) is 0 Å². The number of hydrogen-bond donors (Lipinski definition) is 0. The molecule has 0 saturated carbocycles. The predicted molar refractivity (Wildman–Crippen MR) is 274 cm³/mol. The molecule has 4 heteroatoms. The molecule has 15 aromatic rings. The van der Waals surface area contributed by atoms with Crippen molar-refractivity contribution in [2.45, 2.75) is 0 Å². The molecule has 0 unspecified atom stereocenters. The normalized spacial score (nSPS) is 12.4. The van der Waals surface area contributed by atoms with Gasteiger partial charge in [-0.15, -0.1) is 0 Å². The summed E-state index contributed by atoms with van der Waals surface area (Å²) in [5.41, 5.74) is 11.0. The van der Waals surface area contributed by atoms with Crippen LogP contribution in [0.15, 0.2) is 217 Å². The van der Waals surface area contributed by atoms with Crippen LogP contribution in [0.1, 0.15) is 0 Å². The molecule has 0 aliphatic carbocycles. The third kappa shape index (κ3) is 4.52. The Labute approximate surface area is 371 Å². The predicted octanol–water partition coefficient (Wildman–Crippen LogP) is 15.5. The summed E-state index contributed by atoms with van der Waals surface area (Å²) in [6, 6.07) is 76.8. The Hall–Kier alpha value is -8.73. The summed E-state index contributed by atoms with van der Waals surface area (Å²) in [6.45, 7) is 0. The van der Waals surface area contributed by atoms with E-state index >= 15 is 0 Å². The van der Waals surface area contributed by atoms with E-state index in [9.17, 15) is 4.79 Å². The van der Waals surface area contributed by atoms with E-state index in [1.54, 1.807) is 0 Å². The highest BCUT2D eigenvalue weighted by molar-refractivity contribution is 6.30. The topological polar surface area (TPSA) is 31.3 Å². The highest BCUT2D eigenvalue weighted by Gasteiger charge is 2.24. The van der Waals surface area contributed by atoms with Crippen LogP contribution in [0, 0.1) is 0 Å². The van der Waals surface area contributed by atoms with Crippen molar-refractivity contribution in [2.75, 3.05) is 0 Å². The van der Waals surface area contributed by atoms with Gasteiger partial charge < -0.3 is 9.13 Å². The smallest absolute Gasteiger partial charge is 0.263 e. The zero-order chi connectivity index (χ0) is 42.5. The summed E-state index contributed by atoms with van der Waals surface area (Å²) in [5.74, 6) is 0. The van der Waals surface area contributed by atoms with Gasteiger partial charge in [0.1, 0.15) is 0 Å². The number of para-hydroxylation sites is 4. The minimum absolute atomic E-state index is 0.00969. The van der Waals surface area contributed by atoms with E-state index in [2.05, 4.69) is 203 Å². The van der Waals surface area contributed by atoms with Crippen molar-refractivity contribution >= 4 is 114 Å². The first-order chi connectivity index (χ1) is 32.2. The number of fused-ring (bicyclic) bond motifs is 18. The maximum Gasteiger partial charge on any atom is 0.263 e. The second-order valence-electron chi connectivity index (χ2n) is 17.5. The van der Waals surface area contributed by atoms with Gasteiger partial charge in [-0.3, -0.25) is 9.20 Å². The fourth-order valence-corrected chi connectivity index (χ4v) is 11.7. The zero-order valence-corrected chi connectivity index (χ0v) is 35.0. The molecule has 0 amide bonds. The molecule has 300 valence electrons. The first-order valence-electron chi connectivity index (χ1n) is 22.3. The van der Waals surface area contributed by atoms with E-state index in [-0.39, 0.29) is 5.56 Å². The van der Waals surface area contributed by atoms with Gasteiger partial charge in [-0.2, -0.15) is 0 Å². The van der Waals surface area contributed by atoms with Gasteiger partial charge in [0.05, 0.1) is 33.1 Å². The Balaban J connectivity index is 1.13. The molecule has 0 atom stereocenters. The van der Waals surface area contributed by atoms with Crippen molar-refractivity contribution in [2.24, 2.45) is 0 Å². The number of nitrogens with zero attached hydrogens (tertiary/aromatic N) is 3. The lowest BCUT2D eigenvalue weighted by Crippen LogP contribution is -2.12. The number of aromatic nitrogens is 3. The number of hydrogen-bond acceptors (Lipinski definition) is 1. The standard InChI is InChI=1S/C61H35N3O/c65-61-49-23-9-7-20-42(49)46-25-14-26-47-44-30-29-36(33-56(44)64(61)59(46)47)51-34-38(35-52-41-19-5-4-17-39(41)40-18-6-8-22-45(40)57(51)52)63-53-27-12-10-21-43(53)48-31-32-55-58(60(48)63)50-24-11-13-28-54(50)62(55)37-15-2-1-3-16-37/h1-35H. The van der Waals surface area contributed by atoms with Gasteiger partial charge in [0.2, 0.25) is 0 Å². The summed E-state index contributed by atoms with van der Waals surface area (Å²) in [4.78, 5) is 14.7. The highest BCUT2D eigenvalue weighted by atomic mass is 16.1. The average molecular weight is 826 g/mol. The highest BCUT2D eigenvalue weighted by Crippen LogP contribution is 2.47. The lowest BCUT2D eigenvalue weighted by molar-refractivity contribution is 1.18. The van der Waals surface area contributed by atoms with E-state index in [1.807, 2.05) is 22.6 Å². The Morgan fingerprint density at radius 3 is 1.55 bits per heavy atom. The van der Waals surface area contributed by atoms with Crippen molar-refractivity contribution in [1.82, 2.24) is 13.5 Å². The third-order valence-electron chi connectivity index (χ3n) is 14.3. The van der Waals surface area contributed by atoms with Crippen LogP contribution in [-0.2, 0) is 0 Å². The molecule has 4 aromatic heterocycles. The monoisotopic (exact) mass is 825 g/mol. The Bertz CT molecular complexity index is 4610. The lowest BCUT2D eigenvalue weighted by atomic mass is 9.88. The van der Waals surface area contributed by atoms with Crippen molar-refractivity contribution < 1.29 is 0 Å². The number of benzene rings is 11. The molecule has 0 radical (unpaired) electrons. The van der Waals surface area contributed by atoms with Crippen molar-refractivity contribution in [3.05, 3.63) is 223 Å². The maximum atomic E-state index is 14.7. The minimum Gasteiger partial charge on any atom is -0.309 e. The lowest BCUT2D eigenvalue weighted by Gasteiger charge is -2.18. The first kappa shape index (κ1) is 34.8. The van der Waals surface area contributed by atoms with Crippen LogP contribution >= 0.6 is 0 Å². The largest absolute Gasteiger partial charge is 0.309 e. The second-order valence-corrected chi connectivity index (χ2v) is 17.5. The van der Waals surface area contributed by atoms with Gasteiger partial charge in [-0.1, -0.05) is 158 Å². The van der Waals surface area contributed by atoms with Gasteiger partial charge >= 0.3 is 0 Å². The van der Waals surface area contributed by atoms with Gasteiger partial charge in [-0.05, 0) is 103 Å². The van der Waals surface area contributed by atoms with E-state index in [0.29, 0.717) is 0 Å². The summed E-state index contributed by atoms with van der Waals surface area (Å²) in [6.07, 6.45) is 0.